The minimum Gasteiger partial charge on any atom is -0.497 e. The number of hydrogen-bond acceptors (Lipinski definition) is 8. The molecule has 10 heteroatoms. The predicted molar refractivity (Wildman–Crippen MR) is 106 cm³/mol. The molecule has 0 aliphatic rings. The number of imidazole rings is 1. The van der Waals surface area contributed by atoms with Crippen molar-refractivity contribution in [1.82, 2.24) is 24.9 Å². The first kappa shape index (κ1) is 18.0. The van der Waals surface area contributed by atoms with Crippen LogP contribution in [0.2, 0.25) is 0 Å². The van der Waals surface area contributed by atoms with E-state index in [-0.39, 0.29) is 11.8 Å². The number of rotatable bonds is 6. The van der Waals surface area contributed by atoms with Crippen molar-refractivity contribution in [2.75, 3.05) is 18.2 Å². The minimum absolute atomic E-state index is 0.101. The third-order valence-electron chi connectivity index (χ3n) is 3.80. The Bertz CT molecular complexity index is 1120. The van der Waals surface area contributed by atoms with Crippen LogP contribution in [-0.2, 0) is 5.75 Å². The summed E-state index contributed by atoms with van der Waals surface area (Å²) < 4.78 is 18.2. The van der Waals surface area contributed by atoms with Crippen LogP contribution in [0.5, 0.6) is 5.75 Å². The number of H-pyrrole nitrogens is 1. The third-order valence-corrected chi connectivity index (χ3v) is 4.67. The van der Waals surface area contributed by atoms with Gasteiger partial charge >= 0.3 is 0 Å². The number of nitrogens with two attached hydrogens (primary N) is 1. The minimum atomic E-state index is -0.318. The number of aromatic nitrogens is 5. The Hall–Kier alpha value is -3.40. The average Bonchev–Trinajstić information content (AvgIpc) is 3.10. The van der Waals surface area contributed by atoms with Crippen LogP contribution in [0, 0.1) is 5.82 Å². The van der Waals surface area contributed by atoms with Gasteiger partial charge < -0.3 is 20.8 Å². The van der Waals surface area contributed by atoms with Gasteiger partial charge in [0.15, 0.2) is 5.16 Å². The molecular weight excluding hydrogens is 381 g/mol. The molecule has 2 heterocycles. The molecule has 0 atom stereocenters. The molecule has 0 saturated carbocycles. The second-order valence-electron chi connectivity index (χ2n) is 5.78. The lowest BCUT2D eigenvalue weighted by atomic mass is 10.3. The Morgan fingerprint density at radius 2 is 1.93 bits per heavy atom. The van der Waals surface area contributed by atoms with Gasteiger partial charge in [-0.3, -0.25) is 0 Å². The van der Waals surface area contributed by atoms with E-state index >= 15 is 0 Å². The summed E-state index contributed by atoms with van der Waals surface area (Å²) in [4.78, 5) is 20.3. The van der Waals surface area contributed by atoms with Crippen molar-refractivity contribution in [2.24, 2.45) is 0 Å². The van der Waals surface area contributed by atoms with E-state index < -0.39 is 0 Å². The van der Waals surface area contributed by atoms with Gasteiger partial charge in [0, 0.05) is 11.8 Å². The SMILES string of the molecule is COc1ccc2nc(SCc3nc(N)nc(Nc4ccc(F)cc4)n3)[nH]c2c1. The lowest BCUT2D eigenvalue weighted by Gasteiger charge is -2.07. The molecule has 4 aromatic rings. The first-order valence-electron chi connectivity index (χ1n) is 8.28. The fourth-order valence-corrected chi connectivity index (χ4v) is 3.25. The lowest BCUT2D eigenvalue weighted by molar-refractivity contribution is 0.415. The molecule has 2 aromatic heterocycles. The molecule has 4 rings (SSSR count). The van der Waals surface area contributed by atoms with Gasteiger partial charge in [0.2, 0.25) is 11.9 Å². The van der Waals surface area contributed by atoms with Crippen molar-refractivity contribution in [2.45, 2.75) is 10.9 Å². The van der Waals surface area contributed by atoms with Crippen LogP contribution >= 0.6 is 11.8 Å². The third kappa shape index (κ3) is 4.12. The van der Waals surface area contributed by atoms with Gasteiger partial charge in [0.25, 0.3) is 0 Å². The second-order valence-corrected chi connectivity index (χ2v) is 6.74. The number of aromatic amines is 1. The zero-order valence-corrected chi connectivity index (χ0v) is 15.6. The molecule has 0 unspecified atom stereocenters. The molecule has 0 radical (unpaired) electrons. The molecular formula is C18H16FN7OS. The number of thioether (sulfide) groups is 1. The van der Waals surface area contributed by atoms with E-state index in [4.69, 9.17) is 10.5 Å². The molecule has 8 nitrogen and oxygen atoms in total. The smallest absolute Gasteiger partial charge is 0.232 e. The molecule has 0 aliphatic carbocycles. The maximum atomic E-state index is 13.0. The Balaban J connectivity index is 1.48. The van der Waals surface area contributed by atoms with Crippen molar-refractivity contribution in [1.29, 1.82) is 0 Å². The van der Waals surface area contributed by atoms with Crippen molar-refractivity contribution >= 4 is 40.4 Å². The van der Waals surface area contributed by atoms with E-state index in [1.165, 1.54) is 23.9 Å². The number of hydrogen-bond donors (Lipinski definition) is 3. The van der Waals surface area contributed by atoms with E-state index in [1.807, 2.05) is 18.2 Å². The summed E-state index contributed by atoms with van der Waals surface area (Å²) in [5.41, 5.74) is 8.17. The number of fused-ring (bicyclic) bond motifs is 1. The van der Waals surface area contributed by atoms with Crippen LogP contribution in [0.25, 0.3) is 11.0 Å². The van der Waals surface area contributed by atoms with Gasteiger partial charge in [-0.25, -0.2) is 9.37 Å². The largest absolute Gasteiger partial charge is 0.497 e. The summed E-state index contributed by atoms with van der Waals surface area (Å²) in [6.07, 6.45) is 0. The highest BCUT2D eigenvalue weighted by molar-refractivity contribution is 7.98. The van der Waals surface area contributed by atoms with E-state index in [2.05, 4.69) is 30.2 Å². The number of nitrogen functional groups attached to an aromatic ring is 1. The Kier molecular flexibility index (Phi) is 4.94. The summed E-state index contributed by atoms with van der Waals surface area (Å²) >= 11 is 1.45. The van der Waals surface area contributed by atoms with Gasteiger partial charge in [0.05, 0.1) is 23.9 Å². The number of nitrogens with zero attached hydrogens (tertiary/aromatic N) is 4. The highest BCUT2D eigenvalue weighted by atomic mass is 32.2. The molecule has 0 spiro atoms. The second kappa shape index (κ2) is 7.69. The number of anilines is 3. The Labute approximate surface area is 163 Å². The molecule has 0 fully saturated rings. The van der Waals surface area contributed by atoms with Crippen LogP contribution in [-0.4, -0.2) is 32.0 Å². The maximum absolute atomic E-state index is 13.0. The fourth-order valence-electron chi connectivity index (χ4n) is 2.51. The molecule has 0 saturated heterocycles. The topological polar surface area (TPSA) is 115 Å². The van der Waals surface area contributed by atoms with Crippen LogP contribution < -0.4 is 15.8 Å². The molecule has 0 aliphatic heterocycles. The number of halogens is 1. The lowest BCUT2D eigenvalue weighted by Crippen LogP contribution is -2.06. The van der Waals surface area contributed by atoms with Gasteiger partial charge in [-0.15, -0.1) is 0 Å². The highest BCUT2D eigenvalue weighted by Crippen LogP contribution is 2.25. The molecule has 2 aromatic carbocycles. The van der Waals surface area contributed by atoms with E-state index in [1.54, 1.807) is 19.2 Å². The van der Waals surface area contributed by atoms with E-state index in [0.29, 0.717) is 23.2 Å². The predicted octanol–water partition coefficient (Wildman–Crippen LogP) is 3.51. The van der Waals surface area contributed by atoms with Gasteiger partial charge in [-0.05, 0) is 36.4 Å². The zero-order chi connectivity index (χ0) is 19.5. The van der Waals surface area contributed by atoms with Gasteiger partial charge in [-0.1, -0.05) is 11.8 Å². The zero-order valence-electron chi connectivity index (χ0n) is 14.8. The number of ether oxygens (including phenoxy) is 1. The monoisotopic (exact) mass is 397 g/mol. The van der Waals surface area contributed by atoms with Gasteiger partial charge in [0.1, 0.15) is 17.4 Å². The molecule has 0 amide bonds. The molecule has 142 valence electrons. The summed E-state index contributed by atoms with van der Waals surface area (Å²) in [5.74, 6) is 1.78. The van der Waals surface area contributed by atoms with Crippen molar-refractivity contribution in [3.05, 3.63) is 54.1 Å². The van der Waals surface area contributed by atoms with Crippen LogP contribution in [0.3, 0.4) is 0 Å². The van der Waals surface area contributed by atoms with Crippen LogP contribution in [0.15, 0.2) is 47.6 Å². The van der Waals surface area contributed by atoms with Crippen LogP contribution in [0.4, 0.5) is 22.0 Å². The average molecular weight is 397 g/mol. The van der Waals surface area contributed by atoms with E-state index in [0.717, 1.165) is 21.9 Å². The van der Waals surface area contributed by atoms with E-state index in [9.17, 15) is 4.39 Å². The first-order valence-corrected chi connectivity index (χ1v) is 9.27. The standard InChI is InChI=1S/C18H16FN7OS/c1-27-12-6-7-13-14(8-12)23-18(22-13)28-9-15-24-16(20)26-17(25-15)21-11-4-2-10(19)3-5-11/h2-8H,9H2,1H3,(H,22,23)(H3,20,21,24,25,26). The quantitative estimate of drug-likeness (QED) is 0.424. The number of benzene rings is 2. The fraction of sp³-hybridized carbons (Fsp3) is 0.111. The highest BCUT2D eigenvalue weighted by Gasteiger charge is 2.09. The molecule has 0 bridgehead atoms. The Morgan fingerprint density at radius 3 is 2.71 bits per heavy atom. The summed E-state index contributed by atoms with van der Waals surface area (Å²) in [7, 11) is 1.62. The van der Waals surface area contributed by atoms with Crippen molar-refractivity contribution in [3.63, 3.8) is 0 Å². The number of nitrogens with one attached hydrogen (secondary N) is 2. The Morgan fingerprint density at radius 1 is 1.11 bits per heavy atom. The van der Waals surface area contributed by atoms with Crippen molar-refractivity contribution < 1.29 is 9.13 Å². The van der Waals surface area contributed by atoms with Crippen LogP contribution in [0.1, 0.15) is 5.82 Å². The van der Waals surface area contributed by atoms with Gasteiger partial charge in [-0.2, -0.15) is 15.0 Å². The molecule has 28 heavy (non-hydrogen) atoms. The summed E-state index contributed by atoms with van der Waals surface area (Å²) in [6, 6.07) is 11.5. The maximum Gasteiger partial charge on any atom is 0.232 e. The molecule has 4 N–H and O–H groups in total. The normalized spacial score (nSPS) is 10.9. The first-order chi connectivity index (χ1) is 13.6. The number of methoxy groups -OCH3 is 1. The summed E-state index contributed by atoms with van der Waals surface area (Å²) in [5, 5.41) is 3.72. The van der Waals surface area contributed by atoms with Crippen molar-refractivity contribution in [3.8, 4) is 5.75 Å². The summed E-state index contributed by atoms with van der Waals surface area (Å²) in [6.45, 7) is 0.